The molecule has 0 aromatic heterocycles. The van der Waals surface area contributed by atoms with Crippen molar-refractivity contribution < 1.29 is 17.9 Å². The van der Waals surface area contributed by atoms with Gasteiger partial charge in [0.2, 0.25) is 15.9 Å². The fourth-order valence-electron chi connectivity index (χ4n) is 3.69. The molecule has 1 aliphatic rings. The van der Waals surface area contributed by atoms with Crippen LogP contribution in [0.3, 0.4) is 0 Å². The van der Waals surface area contributed by atoms with Gasteiger partial charge in [0, 0.05) is 17.8 Å². The monoisotopic (exact) mass is 446 g/mol. The van der Waals surface area contributed by atoms with Gasteiger partial charge in [-0.05, 0) is 64.1 Å². The molecule has 9 heteroatoms. The number of nitrogens with zero attached hydrogens (tertiary/aromatic N) is 1. The molecule has 0 radical (unpaired) electrons. The van der Waals surface area contributed by atoms with Crippen molar-refractivity contribution >= 4 is 27.3 Å². The summed E-state index contributed by atoms with van der Waals surface area (Å²) in [7, 11) is -3.84. The highest BCUT2D eigenvalue weighted by Gasteiger charge is 2.44. The minimum atomic E-state index is -3.84. The largest absolute Gasteiger partial charge is 0.494 e. The third-order valence-corrected chi connectivity index (χ3v) is 7.69. The third kappa shape index (κ3) is 5.36. The van der Waals surface area contributed by atoms with Crippen molar-refractivity contribution in [3.05, 3.63) is 54.1 Å². The summed E-state index contributed by atoms with van der Waals surface area (Å²) in [4.78, 5) is 12.8. The zero-order valence-electron chi connectivity index (χ0n) is 18.3. The maximum atomic E-state index is 13.6. The number of sulfonamides is 1. The van der Waals surface area contributed by atoms with E-state index in [4.69, 9.17) is 4.74 Å². The van der Waals surface area contributed by atoms with E-state index >= 15 is 0 Å². The fourth-order valence-corrected chi connectivity index (χ4v) is 5.87. The smallest absolute Gasteiger partial charge is 0.245 e. The number of rotatable bonds is 8. The van der Waals surface area contributed by atoms with Crippen molar-refractivity contribution in [2.24, 2.45) is 0 Å². The Hall–Kier alpha value is -2.62. The molecule has 0 bridgehead atoms. The van der Waals surface area contributed by atoms with Gasteiger partial charge in [0.25, 0.3) is 0 Å². The lowest BCUT2D eigenvalue weighted by molar-refractivity contribution is -0.114. The first-order chi connectivity index (χ1) is 14.7. The predicted molar refractivity (Wildman–Crippen MR) is 123 cm³/mol. The number of hydrogen-bond donors (Lipinski definition) is 3. The normalized spacial score (nSPS) is 21.0. The van der Waals surface area contributed by atoms with Crippen LogP contribution in [-0.4, -0.2) is 44.8 Å². The van der Waals surface area contributed by atoms with Crippen LogP contribution in [0.1, 0.15) is 26.3 Å². The Balaban J connectivity index is 1.84. The molecular weight excluding hydrogens is 416 g/mol. The predicted octanol–water partition coefficient (Wildman–Crippen LogP) is 2.42. The molecule has 1 heterocycles. The highest BCUT2D eigenvalue weighted by Crippen LogP contribution is 2.26. The quantitative estimate of drug-likeness (QED) is 0.576. The van der Waals surface area contributed by atoms with Crippen molar-refractivity contribution in [3.63, 3.8) is 0 Å². The Morgan fingerprint density at radius 2 is 1.61 bits per heavy atom. The van der Waals surface area contributed by atoms with Crippen molar-refractivity contribution in [2.45, 2.75) is 45.0 Å². The molecule has 0 saturated carbocycles. The van der Waals surface area contributed by atoms with E-state index in [0.717, 1.165) is 5.56 Å². The summed E-state index contributed by atoms with van der Waals surface area (Å²) in [5.74, 6) is 0.279. The van der Waals surface area contributed by atoms with E-state index in [-0.39, 0.29) is 18.6 Å². The van der Waals surface area contributed by atoms with E-state index < -0.39 is 21.2 Å². The van der Waals surface area contributed by atoms with Crippen molar-refractivity contribution in [1.82, 2.24) is 10.9 Å². The minimum absolute atomic E-state index is 0.304. The molecule has 1 amide bonds. The third-order valence-electron chi connectivity index (χ3n) is 5.23. The summed E-state index contributed by atoms with van der Waals surface area (Å²) in [6.07, 6.45) is 0. The molecule has 0 spiro atoms. The van der Waals surface area contributed by atoms with E-state index in [1.54, 1.807) is 36.4 Å². The fraction of sp³-hybridized carbons (Fsp3) is 0.409. The van der Waals surface area contributed by atoms with E-state index in [1.165, 1.54) is 4.31 Å². The topological polar surface area (TPSA) is 99.8 Å². The molecule has 0 aliphatic carbocycles. The molecule has 31 heavy (non-hydrogen) atoms. The molecule has 1 aliphatic heterocycles. The number of hydrogen-bond acceptors (Lipinski definition) is 6. The molecular formula is C22H30N4O4S. The molecule has 3 rings (SSSR count). The first kappa shape index (κ1) is 23.1. The lowest BCUT2D eigenvalue weighted by Gasteiger charge is -2.30. The number of ether oxygens (including phenoxy) is 1. The summed E-state index contributed by atoms with van der Waals surface area (Å²) < 4.78 is 33.8. The number of anilines is 2. The van der Waals surface area contributed by atoms with Crippen molar-refractivity contribution in [2.75, 3.05) is 22.8 Å². The molecule has 3 N–H and O–H groups in total. The highest BCUT2D eigenvalue weighted by atomic mass is 32.2. The minimum Gasteiger partial charge on any atom is -0.494 e. The van der Waals surface area contributed by atoms with Crippen LogP contribution in [0.25, 0.3) is 0 Å². The Kier molecular flexibility index (Phi) is 7.19. The van der Waals surface area contributed by atoms with Gasteiger partial charge in [0.15, 0.2) is 0 Å². The lowest BCUT2D eigenvalue weighted by Crippen LogP contribution is -2.49. The summed E-state index contributed by atoms with van der Waals surface area (Å²) in [5, 5.41) is 2.06. The van der Waals surface area contributed by atoms with Crippen molar-refractivity contribution in [1.29, 1.82) is 0 Å². The van der Waals surface area contributed by atoms with Gasteiger partial charge < -0.3 is 10.1 Å². The molecule has 2 aromatic carbocycles. The van der Waals surface area contributed by atoms with Gasteiger partial charge in [-0.25, -0.2) is 8.42 Å². The average molecular weight is 447 g/mol. The second kappa shape index (κ2) is 9.67. The maximum Gasteiger partial charge on any atom is 0.245 e. The molecule has 2 aromatic rings. The zero-order chi connectivity index (χ0) is 22.6. The second-order valence-corrected chi connectivity index (χ2v) is 9.74. The van der Waals surface area contributed by atoms with Crippen LogP contribution in [0, 0.1) is 6.92 Å². The van der Waals surface area contributed by atoms with E-state index in [9.17, 15) is 13.2 Å². The second-order valence-electron chi connectivity index (χ2n) is 7.72. The summed E-state index contributed by atoms with van der Waals surface area (Å²) in [6.45, 7) is 7.67. The van der Waals surface area contributed by atoms with Crippen LogP contribution in [0.4, 0.5) is 11.4 Å². The van der Waals surface area contributed by atoms with Crippen LogP contribution in [0.5, 0.6) is 5.75 Å². The van der Waals surface area contributed by atoms with Gasteiger partial charge in [-0.2, -0.15) is 0 Å². The van der Waals surface area contributed by atoms with E-state index in [2.05, 4.69) is 16.2 Å². The molecule has 168 valence electrons. The first-order valence-electron chi connectivity index (χ1n) is 10.3. The van der Waals surface area contributed by atoms with Gasteiger partial charge >= 0.3 is 0 Å². The molecule has 1 saturated heterocycles. The Morgan fingerprint density at radius 1 is 1.03 bits per heavy atom. The number of nitrogens with one attached hydrogen (secondary N) is 3. The van der Waals surface area contributed by atoms with Gasteiger partial charge in [-0.15, -0.1) is 0 Å². The Labute approximate surface area is 184 Å². The van der Waals surface area contributed by atoms with Gasteiger partial charge in [0.05, 0.1) is 12.3 Å². The highest BCUT2D eigenvalue weighted by molar-refractivity contribution is 7.93. The summed E-state index contributed by atoms with van der Waals surface area (Å²) >= 11 is 0. The molecule has 2 atom stereocenters. The van der Waals surface area contributed by atoms with Crippen molar-refractivity contribution in [3.8, 4) is 5.75 Å². The number of carbonyl (C=O) groups excluding carboxylic acids is 1. The SMILES string of the molecule is CCOc1ccc(NC(=O)CN(c2ccc(C)cc2)S(=O)(=O)C2C(C)NNC2C)cc1. The van der Waals surface area contributed by atoms with Gasteiger partial charge in [0.1, 0.15) is 17.5 Å². The zero-order valence-corrected chi connectivity index (χ0v) is 19.1. The van der Waals surface area contributed by atoms with Gasteiger partial charge in [-0.1, -0.05) is 17.7 Å². The molecule has 1 fully saturated rings. The number of aryl methyl sites for hydroxylation is 1. The van der Waals surface area contributed by atoms with Crippen LogP contribution in [0.15, 0.2) is 48.5 Å². The van der Waals surface area contributed by atoms with E-state index in [1.807, 2.05) is 39.8 Å². The van der Waals surface area contributed by atoms with Crippen LogP contribution in [0.2, 0.25) is 0 Å². The number of amides is 1. The Bertz CT molecular complexity index is 983. The summed E-state index contributed by atoms with van der Waals surface area (Å²) in [5.41, 5.74) is 8.00. The average Bonchev–Trinajstić information content (AvgIpc) is 3.07. The number of benzene rings is 2. The van der Waals surface area contributed by atoms with E-state index in [0.29, 0.717) is 23.7 Å². The summed E-state index contributed by atoms with van der Waals surface area (Å²) in [6, 6.07) is 13.5. The lowest BCUT2D eigenvalue weighted by atomic mass is 10.2. The standard InChI is InChI=1S/C22H30N4O4S/c1-5-30-20-12-8-18(9-13-20)23-21(27)14-26(19-10-6-15(2)7-11-19)31(28,29)22-16(3)24-25-17(22)4/h6-13,16-17,22,24-25H,5,14H2,1-4H3,(H,23,27). The maximum absolute atomic E-state index is 13.6. The van der Waals surface area contributed by atoms with Crippen LogP contribution in [-0.2, 0) is 14.8 Å². The number of carbonyl (C=O) groups is 1. The van der Waals surface area contributed by atoms with Crippen LogP contribution < -0.4 is 25.2 Å². The van der Waals surface area contributed by atoms with Gasteiger partial charge in [-0.3, -0.25) is 20.0 Å². The Morgan fingerprint density at radius 3 is 2.16 bits per heavy atom. The number of hydrazine groups is 1. The molecule has 2 unspecified atom stereocenters. The molecule has 8 nitrogen and oxygen atoms in total. The van der Waals surface area contributed by atoms with Crippen LogP contribution >= 0.6 is 0 Å². The first-order valence-corrected chi connectivity index (χ1v) is 11.8.